The van der Waals surface area contributed by atoms with Gasteiger partial charge in [-0.25, -0.2) is 4.79 Å². The van der Waals surface area contributed by atoms with Gasteiger partial charge in [-0.15, -0.1) is 0 Å². The minimum atomic E-state index is -1.06. The molecule has 0 aliphatic rings. The fraction of sp³-hybridized carbons (Fsp3) is 0.200. The van der Waals surface area contributed by atoms with Crippen LogP contribution < -0.4 is 14.9 Å². The first-order valence-electron chi connectivity index (χ1n) is 8.24. The Morgan fingerprint density at radius 1 is 1.15 bits per heavy atom. The highest BCUT2D eigenvalue weighted by molar-refractivity contribution is 6.32. The molecule has 0 fully saturated rings. The molecule has 7 heteroatoms. The maximum Gasteiger partial charge on any atom is 0.345 e. The Kier molecular flexibility index (Phi) is 5.37. The van der Waals surface area contributed by atoms with Crippen molar-refractivity contribution in [3.63, 3.8) is 0 Å². The zero-order valence-electron chi connectivity index (χ0n) is 14.6. The number of carboxylic acids is 1. The smallest absolute Gasteiger partial charge is 0.345 e. The number of para-hydroxylation sites is 1. The maximum absolute atomic E-state index is 12.6. The quantitative estimate of drug-likeness (QED) is 0.657. The van der Waals surface area contributed by atoms with E-state index in [1.165, 1.54) is 24.5 Å². The van der Waals surface area contributed by atoms with Crippen molar-refractivity contribution in [2.45, 2.75) is 20.0 Å². The van der Waals surface area contributed by atoms with E-state index in [2.05, 4.69) is 0 Å². The molecule has 0 amide bonds. The topological polar surface area (TPSA) is 86.0 Å². The lowest BCUT2D eigenvalue weighted by atomic mass is 10.1. The van der Waals surface area contributed by atoms with E-state index in [1.54, 1.807) is 38.1 Å². The Labute approximate surface area is 159 Å². The molecule has 0 saturated heterocycles. The molecular weight excluding hydrogens is 372 g/mol. The number of rotatable bonds is 6. The van der Waals surface area contributed by atoms with Gasteiger partial charge in [-0.2, -0.15) is 0 Å². The third-order valence-electron chi connectivity index (χ3n) is 3.88. The highest BCUT2D eigenvalue weighted by atomic mass is 35.5. The Morgan fingerprint density at radius 3 is 2.56 bits per heavy atom. The van der Waals surface area contributed by atoms with Crippen LogP contribution in [0.3, 0.4) is 0 Å². The second-order valence-corrected chi connectivity index (χ2v) is 6.65. The number of hydrogen-bond donors (Lipinski definition) is 1. The molecule has 0 saturated carbocycles. The molecule has 0 aliphatic heterocycles. The highest BCUT2D eigenvalue weighted by Gasteiger charge is 2.23. The summed E-state index contributed by atoms with van der Waals surface area (Å²) in [6.45, 7) is 3.50. The van der Waals surface area contributed by atoms with E-state index in [-0.39, 0.29) is 28.1 Å². The number of benzene rings is 2. The minimum absolute atomic E-state index is 0.00476. The van der Waals surface area contributed by atoms with Crippen LogP contribution in [0, 0.1) is 5.92 Å². The summed E-state index contributed by atoms with van der Waals surface area (Å²) in [7, 11) is 0. The third kappa shape index (κ3) is 4.06. The van der Waals surface area contributed by atoms with E-state index in [1.807, 2.05) is 0 Å². The van der Waals surface area contributed by atoms with Gasteiger partial charge in [0.2, 0.25) is 11.2 Å². The minimum Gasteiger partial charge on any atom is -0.478 e. The van der Waals surface area contributed by atoms with Crippen LogP contribution in [-0.4, -0.2) is 17.2 Å². The van der Waals surface area contributed by atoms with Gasteiger partial charge in [-0.05, 0) is 24.3 Å². The van der Waals surface area contributed by atoms with E-state index < -0.39 is 12.1 Å². The normalized spacial score (nSPS) is 12.1. The fourth-order valence-corrected chi connectivity index (χ4v) is 2.67. The van der Waals surface area contributed by atoms with Crippen LogP contribution in [0.4, 0.5) is 0 Å². The molecule has 1 unspecified atom stereocenters. The number of carboxylic acid groups (broad SMARTS) is 1. The van der Waals surface area contributed by atoms with Gasteiger partial charge in [0.1, 0.15) is 23.3 Å². The van der Waals surface area contributed by atoms with Crippen molar-refractivity contribution in [1.29, 1.82) is 0 Å². The van der Waals surface area contributed by atoms with Gasteiger partial charge in [0, 0.05) is 12.0 Å². The standard InChI is InChI=1S/C20H17ClO6/c1-11(2)19(20(23)24)26-12-7-8-13-16(9-12)25-10-17(18(13)22)27-15-6-4-3-5-14(15)21/h3-11,19H,1-2H3,(H,23,24). The van der Waals surface area contributed by atoms with Crippen molar-refractivity contribution < 1.29 is 23.8 Å². The van der Waals surface area contributed by atoms with Crippen molar-refractivity contribution >= 4 is 28.5 Å². The number of aliphatic carboxylic acids is 1. The predicted molar refractivity (Wildman–Crippen MR) is 101 cm³/mol. The van der Waals surface area contributed by atoms with Crippen LogP contribution in [-0.2, 0) is 4.79 Å². The molecule has 3 rings (SSSR count). The first kappa shape index (κ1) is 18.8. The summed E-state index contributed by atoms with van der Waals surface area (Å²) in [6.07, 6.45) is 0.187. The number of halogens is 1. The van der Waals surface area contributed by atoms with Crippen LogP contribution in [0.1, 0.15) is 13.8 Å². The average Bonchev–Trinajstić information content (AvgIpc) is 2.63. The second-order valence-electron chi connectivity index (χ2n) is 6.24. The van der Waals surface area contributed by atoms with Gasteiger partial charge in [0.25, 0.3) is 0 Å². The lowest BCUT2D eigenvalue weighted by Gasteiger charge is -2.18. The highest BCUT2D eigenvalue weighted by Crippen LogP contribution is 2.29. The van der Waals surface area contributed by atoms with Crippen molar-refractivity contribution in [3.05, 3.63) is 64.0 Å². The summed E-state index contributed by atoms with van der Waals surface area (Å²) >= 11 is 6.04. The summed E-state index contributed by atoms with van der Waals surface area (Å²) < 4.78 is 16.6. The Hall–Kier alpha value is -2.99. The molecule has 6 nitrogen and oxygen atoms in total. The number of ether oxygens (including phenoxy) is 2. The molecule has 1 atom stereocenters. The van der Waals surface area contributed by atoms with Gasteiger partial charge in [-0.3, -0.25) is 4.79 Å². The van der Waals surface area contributed by atoms with Gasteiger partial charge >= 0.3 is 5.97 Å². The molecule has 140 valence electrons. The molecule has 0 radical (unpaired) electrons. The monoisotopic (exact) mass is 388 g/mol. The number of hydrogen-bond acceptors (Lipinski definition) is 5. The average molecular weight is 389 g/mol. The van der Waals surface area contributed by atoms with Crippen molar-refractivity contribution in [2.75, 3.05) is 0 Å². The number of fused-ring (bicyclic) bond motifs is 1. The van der Waals surface area contributed by atoms with E-state index in [0.717, 1.165) is 0 Å². The number of carbonyl (C=O) groups is 1. The van der Waals surface area contributed by atoms with Gasteiger partial charge in [0.15, 0.2) is 6.10 Å². The van der Waals surface area contributed by atoms with Crippen LogP contribution in [0.2, 0.25) is 5.02 Å². The Morgan fingerprint density at radius 2 is 1.89 bits per heavy atom. The van der Waals surface area contributed by atoms with E-state index >= 15 is 0 Å². The largest absolute Gasteiger partial charge is 0.478 e. The fourth-order valence-electron chi connectivity index (χ4n) is 2.50. The third-order valence-corrected chi connectivity index (χ3v) is 4.20. The molecule has 0 bridgehead atoms. The SMILES string of the molecule is CC(C)C(Oc1ccc2c(=O)c(Oc3ccccc3Cl)coc2c1)C(=O)O. The van der Waals surface area contributed by atoms with Gasteiger partial charge in [-0.1, -0.05) is 37.6 Å². The first-order valence-corrected chi connectivity index (χ1v) is 8.62. The lowest BCUT2D eigenvalue weighted by molar-refractivity contribution is -0.147. The van der Waals surface area contributed by atoms with E-state index in [4.69, 9.17) is 25.5 Å². The zero-order valence-corrected chi connectivity index (χ0v) is 15.4. The predicted octanol–water partition coefficient (Wildman–Crippen LogP) is 4.73. The second kappa shape index (κ2) is 7.72. The Balaban J connectivity index is 1.93. The Bertz CT molecular complexity index is 1040. The molecule has 3 aromatic rings. The van der Waals surface area contributed by atoms with E-state index in [9.17, 15) is 14.7 Å². The van der Waals surface area contributed by atoms with Crippen LogP contribution in [0.15, 0.2) is 57.9 Å². The molecule has 1 N–H and O–H groups in total. The maximum atomic E-state index is 12.6. The molecule has 27 heavy (non-hydrogen) atoms. The van der Waals surface area contributed by atoms with Gasteiger partial charge in [0.05, 0.1) is 10.4 Å². The van der Waals surface area contributed by atoms with Crippen LogP contribution in [0.25, 0.3) is 11.0 Å². The van der Waals surface area contributed by atoms with Crippen molar-refractivity contribution in [1.82, 2.24) is 0 Å². The summed E-state index contributed by atoms with van der Waals surface area (Å²) in [6, 6.07) is 11.3. The molecule has 0 aliphatic carbocycles. The molecular formula is C20H17ClO6. The van der Waals surface area contributed by atoms with Crippen molar-refractivity contribution in [3.8, 4) is 17.2 Å². The summed E-state index contributed by atoms with van der Waals surface area (Å²) in [4.78, 5) is 23.9. The molecule has 1 heterocycles. The molecule has 0 spiro atoms. The van der Waals surface area contributed by atoms with Crippen LogP contribution in [0.5, 0.6) is 17.2 Å². The van der Waals surface area contributed by atoms with Crippen LogP contribution >= 0.6 is 11.6 Å². The first-order chi connectivity index (χ1) is 12.9. The molecule has 2 aromatic carbocycles. The van der Waals surface area contributed by atoms with Gasteiger partial charge < -0.3 is 19.0 Å². The summed E-state index contributed by atoms with van der Waals surface area (Å²) in [5.41, 5.74) is -0.113. The van der Waals surface area contributed by atoms with Crippen molar-refractivity contribution in [2.24, 2.45) is 5.92 Å². The van der Waals surface area contributed by atoms with E-state index in [0.29, 0.717) is 16.5 Å². The summed E-state index contributed by atoms with van der Waals surface area (Å²) in [5.74, 6) is -0.653. The lowest BCUT2D eigenvalue weighted by Crippen LogP contribution is -2.32. The molecule has 1 aromatic heterocycles. The summed E-state index contributed by atoms with van der Waals surface area (Å²) in [5, 5.41) is 9.89. The zero-order chi connectivity index (χ0) is 19.6.